The summed E-state index contributed by atoms with van der Waals surface area (Å²) in [7, 11) is 1.86. The molecule has 0 aliphatic carbocycles. The fourth-order valence-corrected chi connectivity index (χ4v) is 1.36. The van der Waals surface area contributed by atoms with Gasteiger partial charge in [-0.25, -0.2) is 4.79 Å². The molecule has 0 rings (SSSR count). The number of carboxylic acids is 1. The third-order valence-electron chi connectivity index (χ3n) is 2.15. The smallest absolute Gasteiger partial charge is 0.331 e. The lowest BCUT2D eigenvalue weighted by atomic mass is 10.0. The second-order valence-corrected chi connectivity index (χ2v) is 3.88. The molecule has 3 heteroatoms. The predicted octanol–water partition coefficient (Wildman–Crippen LogP) is 2.04. The minimum atomic E-state index is -0.809. The molecule has 14 heavy (non-hydrogen) atoms. The van der Waals surface area contributed by atoms with Crippen molar-refractivity contribution in [1.29, 1.82) is 0 Å². The molecular formula is C11H21NO2. The molecule has 0 saturated carbocycles. The van der Waals surface area contributed by atoms with Crippen LogP contribution in [0.25, 0.3) is 0 Å². The number of hydrogen-bond donors (Lipinski definition) is 2. The van der Waals surface area contributed by atoms with Gasteiger partial charge in [0, 0.05) is 11.6 Å². The first-order valence-corrected chi connectivity index (χ1v) is 5.12. The summed E-state index contributed by atoms with van der Waals surface area (Å²) in [6.07, 6.45) is 3.36. The Balaban J connectivity index is 4.44. The van der Waals surface area contributed by atoms with Crippen molar-refractivity contribution in [2.75, 3.05) is 7.05 Å². The number of carbonyl (C=O) groups is 1. The van der Waals surface area contributed by atoms with Crippen molar-refractivity contribution in [2.45, 2.75) is 39.7 Å². The zero-order valence-electron chi connectivity index (χ0n) is 9.50. The minimum Gasteiger partial charge on any atom is -0.478 e. The van der Waals surface area contributed by atoms with Crippen LogP contribution in [0.1, 0.15) is 33.6 Å². The molecule has 0 aromatic rings. The Bertz CT molecular complexity index is 209. The lowest BCUT2D eigenvalue weighted by molar-refractivity contribution is -0.132. The maximum Gasteiger partial charge on any atom is 0.331 e. The monoisotopic (exact) mass is 199 g/mol. The number of aliphatic carboxylic acids is 1. The van der Waals surface area contributed by atoms with E-state index in [1.54, 1.807) is 0 Å². The predicted molar refractivity (Wildman–Crippen MR) is 58.3 cm³/mol. The lowest BCUT2D eigenvalue weighted by Crippen LogP contribution is -2.25. The molecule has 3 nitrogen and oxygen atoms in total. The summed E-state index contributed by atoms with van der Waals surface area (Å²) in [5.74, 6) is -0.243. The zero-order chi connectivity index (χ0) is 11.1. The molecule has 0 aliphatic heterocycles. The van der Waals surface area contributed by atoms with Gasteiger partial charge >= 0.3 is 5.97 Å². The molecule has 0 amide bonds. The topological polar surface area (TPSA) is 49.3 Å². The SMILES string of the molecule is CCC(=C[C@H](CC(C)C)NC)C(=O)O. The number of rotatable bonds is 6. The van der Waals surface area contributed by atoms with Crippen molar-refractivity contribution >= 4 is 5.97 Å². The van der Waals surface area contributed by atoms with Crippen LogP contribution in [0.3, 0.4) is 0 Å². The van der Waals surface area contributed by atoms with Gasteiger partial charge in [-0.05, 0) is 25.8 Å². The van der Waals surface area contributed by atoms with Crippen LogP contribution in [-0.4, -0.2) is 24.2 Å². The molecule has 0 aromatic heterocycles. The molecule has 82 valence electrons. The largest absolute Gasteiger partial charge is 0.478 e. The highest BCUT2D eigenvalue weighted by molar-refractivity contribution is 5.86. The maximum atomic E-state index is 10.8. The Labute approximate surface area is 86.2 Å². The molecule has 0 aromatic carbocycles. The average Bonchev–Trinajstić information content (AvgIpc) is 2.10. The molecule has 1 atom stereocenters. The van der Waals surface area contributed by atoms with E-state index in [0.717, 1.165) is 6.42 Å². The van der Waals surface area contributed by atoms with E-state index in [9.17, 15) is 4.79 Å². The van der Waals surface area contributed by atoms with Gasteiger partial charge in [0.1, 0.15) is 0 Å². The van der Waals surface area contributed by atoms with Crippen molar-refractivity contribution in [3.63, 3.8) is 0 Å². The van der Waals surface area contributed by atoms with Gasteiger partial charge in [-0.15, -0.1) is 0 Å². The number of carboxylic acid groups (broad SMARTS) is 1. The normalized spacial score (nSPS) is 14.5. The van der Waals surface area contributed by atoms with Crippen LogP contribution in [0.15, 0.2) is 11.6 Å². The summed E-state index contributed by atoms with van der Waals surface area (Å²) in [6.45, 7) is 6.12. The fraction of sp³-hybridized carbons (Fsp3) is 0.727. The first-order valence-electron chi connectivity index (χ1n) is 5.12. The molecule has 0 unspecified atom stereocenters. The quantitative estimate of drug-likeness (QED) is 0.644. The molecule has 0 saturated heterocycles. The van der Waals surface area contributed by atoms with E-state index < -0.39 is 5.97 Å². The van der Waals surface area contributed by atoms with Gasteiger partial charge in [0.15, 0.2) is 0 Å². The van der Waals surface area contributed by atoms with Crippen LogP contribution in [0.2, 0.25) is 0 Å². The molecule has 0 aliphatic rings. The Kier molecular flexibility index (Phi) is 6.21. The van der Waals surface area contributed by atoms with E-state index in [-0.39, 0.29) is 6.04 Å². The summed E-state index contributed by atoms with van der Waals surface area (Å²) >= 11 is 0. The summed E-state index contributed by atoms with van der Waals surface area (Å²) < 4.78 is 0. The van der Waals surface area contributed by atoms with Crippen molar-refractivity contribution in [3.05, 3.63) is 11.6 Å². The van der Waals surface area contributed by atoms with E-state index in [1.165, 1.54) is 0 Å². The molecule has 0 spiro atoms. The average molecular weight is 199 g/mol. The van der Waals surface area contributed by atoms with Crippen LogP contribution < -0.4 is 5.32 Å². The number of likely N-dealkylation sites (N-methyl/N-ethyl adjacent to an activating group) is 1. The Morgan fingerprint density at radius 1 is 1.50 bits per heavy atom. The van der Waals surface area contributed by atoms with Gasteiger partial charge in [-0.2, -0.15) is 0 Å². The van der Waals surface area contributed by atoms with Crippen LogP contribution in [0, 0.1) is 5.92 Å². The van der Waals surface area contributed by atoms with Gasteiger partial charge in [0.05, 0.1) is 0 Å². The Morgan fingerprint density at radius 2 is 2.07 bits per heavy atom. The van der Waals surface area contributed by atoms with Crippen LogP contribution in [-0.2, 0) is 4.79 Å². The highest BCUT2D eigenvalue weighted by atomic mass is 16.4. The van der Waals surface area contributed by atoms with Crippen molar-refractivity contribution in [1.82, 2.24) is 5.32 Å². The van der Waals surface area contributed by atoms with E-state index in [0.29, 0.717) is 17.9 Å². The van der Waals surface area contributed by atoms with Gasteiger partial charge in [0.25, 0.3) is 0 Å². The molecule has 0 radical (unpaired) electrons. The van der Waals surface area contributed by atoms with E-state index in [1.807, 2.05) is 20.0 Å². The van der Waals surface area contributed by atoms with Crippen LogP contribution in [0.5, 0.6) is 0 Å². The minimum absolute atomic E-state index is 0.168. The van der Waals surface area contributed by atoms with Gasteiger partial charge in [0.2, 0.25) is 0 Å². The third-order valence-corrected chi connectivity index (χ3v) is 2.15. The van der Waals surface area contributed by atoms with Crippen LogP contribution >= 0.6 is 0 Å². The van der Waals surface area contributed by atoms with E-state index >= 15 is 0 Å². The van der Waals surface area contributed by atoms with Gasteiger partial charge in [-0.3, -0.25) is 0 Å². The molecule has 0 heterocycles. The maximum absolute atomic E-state index is 10.8. The Morgan fingerprint density at radius 3 is 2.36 bits per heavy atom. The lowest BCUT2D eigenvalue weighted by Gasteiger charge is -2.15. The summed E-state index contributed by atoms with van der Waals surface area (Å²) in [4.78, 5) is 10.8. The van der Waals surface area contributed by atoms with Crippen LogP contribution in [0.4, 0.5) is 0 Å². The van der Waals surface area contributed by atoms with E-state index in [4.69, 9.17) is 5.11 Å². The number of hydrogen-bond acceptors (Lipinski definition) is 2. The molecule has 0 bridgehead atoms. The molecular weight excluding hydrogens is 178 g/mol. The first-order chi connectivity index (χ1) is 6.51. The van der Waals surface area contributed by atoms with Crippen molar-refractivity contribution < 1.29 is 9.90 Å². The summed E-state index contributed by atoms with van der Waals surface area (Å²) in [5.41, 5.74) is 0.491. The Hall–Kier alpha value is -0.830. The number of nitrogens with one attached hydrogen (secondary N) is 1. The second-order valence-electron chi connectivity index (χ2n) is 3.88. The summed E-state index contributed by atoms with van der Waals surface area (Å²) in [5, 5.41) is 12.0. The third kappa shape index (κ3) is 5.02. The second kappa shape index (κ2) is 6.60. The molecule has 2 N–H and O–H groups in total. The summed E-state index contributed by atoms with van der Waals surface area (Å²) in [6, 6.07) is 0.168. The van der Waals surface area contributed by atoms with E-state index in [2.05, 4.69) is 19.2 Å². The standard InChI is InChI=1S/C11H21NO2/c1-5-9(11(13)14)7-10(12-4)6-8(2)3/h7-8,10,12H,5-6H2,1-4H3,(H,13,14)/t10-/m0/s1. The molecule has 0 fully saturated rings. The zero-order valence-corrected chi connectivity index (χ0v) is 9.50. The van der Waals surface area contributed by atoms with Crippen molar-refractivity contribution in [2.24, 2.45) is 5.92 Å². The fourth-order valence-electron chi connectivity index (χ4n) is 1.36. The highest BCUT2D eigenvalue weighted by Gasteiger charge is 2.10. The van der Waals surface area contributed by atoms with Gasteiger partial charge in [-0.1, -0.05) is 26.8 Å². The highest BCUT2D eigenvalue weighted by Crippen LogP contribution is 2.09. The van der Waals surface area contributed by atoms with Gasteiger partial charge < -0.3 is 10.4 Å². The van der Waals surface area contributed by atoms with Crippen molar-refractivity contribution in [3.8, 4) is 0 Å². The first kappa shape index (κ1) is 13.2.